The zero-order chi connectivity index (χ0) is 19.9. The van der Waals surface area contributed by atoms with Gasteiger partial charge in [0.1, 0.15) is 18.5 Å². The van der Waals surface area contributed by atoms with E-state index in [2.05, 4.69) is 0 Å². The predicted octanol–water partition coefficient (Wildman–Crippen LogP) is 3.65. The molecule has 1 aromatic carbocycles. The van der Waals surface area contributed by atoms with Crippen molar-refractivity contribution in [3.8, 4) is 5.75 Å². The van der Waals surface area contributed by atoms with Gasteiger partial charge in [0.15, 0.2) is 5.78 Å². The third-order valence-corrected chi connectivity index (χ3v) is 3.50. The van der Waals surface area contributed by atoms with Gasteiger partial charge >= 0.3 is 11.9 Å². The number of ketones is 1. The van der Waals surface area contributed by atoms with Crippen LogP contribution in [-0.2, 0) is 19.1 Å². The topological polar surface area (TPSA) is 89.9 Å². The molecule has 1 atom stereocenters. The number of allylic oxidation sites excluding steroid dienone is 3. The fraction of sp³-hybridized carbons (Fsp3) is 0.350. The van der Waals surface area contributed by atoms with Crippen LogP contribution in [0.25, 0.3) is 0 Å². The number of phenolic OH excluding ortho intramolecular Hbond substituents is 1. The Morgan fingerprint density at radius 3 is 2.38 bits per heavy atom. The number of hydrogen-bond acceptors (Lipinski definition) is 6. The summed E-state index contributed by atoms with van der Waals surface area (Å²) in [6.45, 7) is 7.94. The van der Waals surface area contributed by atoms with E-state index >= 15 is 0 Å². The molecule has 0 aliphatic rings. The molecule has 0 fully saturated rings. The molecule has 6 nitrogen and oxygen atoms in total. The summed E-state index contributed by atoms with van der Waals surface area (Å²) in [5.74, 6) is -1.58. The van der Waals surface area contributed by atoms with Crippen molar-refractivity contribution >= 4 is 17.7 Å². The van der Waals surface area contributed by atoms with Gasteiger partial charge in [0.25, 0.3) is 0 Å². The van der Waals surface area contributed by atoms with Gasteiger partial charge < -0.3 is 14.6 Å². The van der Waals surface area contributed by atoms with Gasteiger partial charge in [-0.15, -0.1) is 0 Å². The maximum atomic E-state index is 12.2. The normalized spacial score (nSPS) is 12.1. The Labute approximate surface area is 153 Å². The van der Waals surface area contributed by atoms with E-state index < -0.39 is 18.0 Å². The number of esters is 2. The van der Waals surface area contributed by atoms with E-state index in [0.717, 1.165) is 5.57 Å². The van der Waals surface area contributed by atoms with Crippen LogP contribution in [0.3, 0.4) is 0 Å². The first-order valence-electron chi connectivity index (χ1n) is 8.17. The van der Waals surface area contributed by atoms with Crippen LogP contribution in [0.2, 0.25) is 0 Å². The minimum Gasteiger partial charge on any atom is -0.507 e. The average molecular weight is 360 g/mol. The minimum absolute atomic E-state index is 0.137. The van der Waals surface area contributed by atoms with Crippen LogP contribution >= 0.6 is 0 Å². The van der Waals surface area contributed by atoms with E-state index in [1.54, 1.807) is 33.8 Å². The van der Waals surface area contributed by atoms with Crippen LogP contribution in [0.1, 0.15) is 56.6 Å². The molecule has 0 aliphatic heterocycles. The minimum atomic E-state index is -0.659. The lowest BCUT2D eigenvalue weighted by molar-refractivity contribution is -0.146. The van der Waals surface area contributed by atoms with Crippen LogP contribution in [-0.4, -0.2) is 29.4 Å². The van der Waals surface area contributed by atoms with Crippen molar-refractivity contribution in [2.24, 2.45) is 0 Å². The van der Waals surface area contributed by atoms with Crippen molar-refractivity contribution in [1.29, 1.82) is 0 Å². The van der Waals surface area contributed by atoms with Gasteiger partial charge in [-0.1, -0.05) is 17.7 Å². The number of phenols is 1. The highest BCUT2D eigenvalue weighted by molar-refractivity contribution is 6.06. The first-order valence-corrected chi connectivity index (χ1v) is 8.17. The molecule has 1 aromatic rings. The maximum absolute atomic E-state index is 12.2. The molecule has 0 aromatic heterocycles. The zero-order valence-corrected chi connectivity index (χ0v) is 15.7. The van der Waals surface area contributed by atoms with Gasteiger partial charge in [-0.2, -0.15) is 0 Å². The van der Waals surface area contributed by atoms with E-state index in [1.807, 2.05) is 0 Å². The Balaban J connectivity index is 2.95. The summed E-state index contributed by atoms with van der Waals surface area (Å²) in [4.78, 5) is 35.2. The Morgan fingerprint density at radius 2 is 1.85 bits per heavy atom. The van der Waals surface area contributed by atoms with E-state index in [0.29, 0.717) is 5.56 Å². The molecule has 0 unspecified atom stereocenters. The fourth-order valence-electron chi connectivity index (χ4n) is 2.09. The van der Waals surface area contributed by atoms with Crippen LogP contribution in [0.4, 0.5) is 0 Å². The number of rotatable bonds is 7. The van der Waals surface area contributed by atoms with E-state index in [4.69, 9.17) is 9.47 Å². The Hall–Kier alpha value is -2.89. The summed E-state index contributed by atoms with van der Waals surface area (Å²) in [6.07, 6.45) is 2.28. The molecule has 0 spiro atoms. The molecule has 1 rings (SSSR count). The molecule has 6 heteroatoms. The average Bonchev–Trinajstić information content (AvgIpc) is 2.54. The van der Waals surface area contributed by atoms with E-state index in [1.165, 1.54) is 31.2 Å². The lowest BCUT2D eigenvalue weighted by atomic mass is 10.0. The van der Waals surface area contributed by atoms with E-state index in [-0.39, 0.29) is 29.3 Å². The summed E-state index contributed by atoms with van der Waals surface area (Å²) < 4.78 is 10.2. The highest BCUT2D eigenvalue weighted by Crippen LogP contribution is 2.26. The first kappa shape index (κ1) is 21.2. The second-order valence-corrected chi connectivity index (χ2v) is 6.00. The molecule has 0 bridgehead atoms. The number of benzene rings is 1. The van der Waals surface area contributed by atoms with Crippen molar-refractivity contribution < 1.29 is 29.0 Å². The molecule has 0 heterocycles. The van der Waals surface area contributed by atoms with E-state index in [9.17, 15) is 19.5 Å². The highest BCUT2D eigenvalue weighted by atomic mass is 16.6. The zero-order valence-electron chi connectivity index (χ0n) is 15.7. The number of carbonyl (C=O) groups is 3. The summed E-state index contributed by atoms with van der Waals surface area (Å²) in [6, 6.07) is 4.46. The van der Waals surface area contributed by atoms with Crippen molar-refractivity contribution in [3.05, 3.63) is 52.6 Å². The number of carbonyl (C=O) groups excluding carboxylic acids is 3. The summed E-state index contributed by atoms with van der Waals surface area (Å²) in [7, 11) is 0. The third kappa shape index (κ3) is 6.20. The molecule has 0 radical (unpaired) electrons. The molecule has 0 aliphatic carbocycles. The van der Waals surface area contributed by atoms with Crippen LogP contribution in [0.5, 0.6) is 5.75 Å². The molecular weight excluding hydrogens is 336 g/mol. The molecule has 26 heavy (non-hydrogen) atoms. The fourth-order valence-corrected chi connectivity index (χ4v) is 2.09. The SMILES string of the molecule is CC=C(COC(C)=O)C(=O)O[C@H](C)c1ccc(O)c(C(=O)C=C(C)C)c1. The van der Waals surface area contributed by atoms with Gasteiger partial charge in [0, 0.05) is 6.92 Å². The predicted molar refractivity (Wildman–Crippen MR) is 96.8 cm³/mol. The van der Waals surface area contributed by atoms with Crippen molar-refractivity contribution in [1.82, 2.24) is 0 Å². The smallest absolute Gasteiger partial charge is 0.337 e. The van der Waals surface area contributed by atoms with Crippen molar-refractivity contribution in [3.63, 3.8) is 0 Å². The number of ether oxygens (including phenoxy) is 2. The molecular formula is C20H24O6. The third-order valence-electron chi connectivity index (χ3n) is 3.50. The molecule has 0 amide bonds. The monoisotopic (exact) mass is 360 g/mol. The van der Waals surface area contributed by atoms with Crippen LogP contribution in [0, 0.1) is 0 Å². The molecule has 0 saturated heterocycles. The Kier molecular flexibility index (Phi) is 7.77. The Bertz CT molecular complexity index is 754. The lowest BCUT2D eigenvalue weighted by Gasteiger charge is -2.16. The Morgan fingerprint density at radius 1 is 1.19 bits per heavy atom. The summed E-state index contributed by atoms with van der Waals surface area (Å²) in [5, 5.41) is 9.91. The van der Waals surface area contributed by atoms with Gasteiger partial charge in [-0.05, 0) is 51.5 Å². The van der Waals surface area contributed by atoms with Crippen molar-refractivity contribution in [2.75, 3.05) is 6.61 Å². The van der Waals surface area contributed by atoms with Gasteiger partial charge in [0.2, 0.25) is 0 Å². The summed E-state index contributed by atoms with van der Waals surface area (Å²) >= 11 is 0. The number of aromatic hydroxyl groups is 1. The van der Waals surface area contributed by atoms with Gasteiger partial charge in [-0.3, -0.25) is 9.59 Å². The van der Waals surface area contributed by atoms with Crippen molar-refractivity contribution in [2.45, 2.75) is 40.7 Å². The largest absolute Gasteiger partial charge is 0.507 e. The number of hydrogen-bond donors (Lipinski definition) is 1. The highest BCUT2D eigenvalue weighted by Gasteiger charge is 2.19. The van der Waals surface area contributed by atoms with Crippen LogP contribution in [0.15, 0.2) is 41.5 Å². The lowest BCUT2D eigenvalue weighted by Crippen LogP contribution is -2.16. The summed E-state index contributed by atoms with van der Waals surface area (Å²) in [5.41, 5.74) is 1.72. The molecule has 0 saturated carbocycles. The first-order chi connectivity index (χ1) is 12.1. The maximum Gasteiger partial charge on any atom is 0.337 e. The molecule has 140 valence electrons. The second kappa shape index (κ2) is 9.56. The second-order valence-electron chi connectivity index (χ2n) is 6.00. The van der Waals surface area contributed by atoms with Gasteiger partial charge in [0.05, 0.1) is 11.1 Å². The molecule has 1 N–H and O–H groups in total. The standard InChI is InChI=1S/C20H24O6/c1-6-15(11-25-14(5)21)20(24)26-13(4)16-7-8-18(22)17(10-16)19(23)9-12(2)3/h6-10,13,22H,11H2,1-5H3/t13-/m1/s1. The van der Waals surface area contributed by atoms with Crippen LogP contribution < -0.4 is 0 Å². The quantitative estimate of drug-likeness (QED) is 0.453. The van der Waals surface area contributed by atoms with Gasteiger partial charge in [-0.25, -0.2) is 4.79 Å².